The molecule has 6 heteroatoms. The summed E-state index contributed by atoms with van der Waals surface area (Å²) in [4.78, 5) is 27.2. The number of rotatable bonds is 7. The standard InChI is InChI=1S/C22H25NO5/c1-5-27-16-9-7-15(8-10-16)23-20(18-11-6-14(4)28-18)19(21(25)22(23)26)17(24)12-13(2)3/h6-11,13,20,25H,5,12H2,1-4H3. The van der Waals surface area contributed by atoms with E-state index in [-0.39, 0.29) is 23.7 Å². The van der Waals surface area contributed by atoms with Crippen LogP contribution in [-0.4, -0.2) is 23.4 Å². The lowest BCUT2D eigenvalue weighted by Gasteiger charge is -2.25. The zero-order valence-corrected chi connectivity index (χ0v) is 16.6. The summed E-state index contributed by atoms with van der Waals surface area (Å²) in [7, 11) is 0. The monoisotopic (exact) mass is 383 g/mol. The van der Waals surface area contributed by atoms with Crippen LogP contribution in [0.4, 0.5) is 5.69 Å². The minimum atomic E-state index is -0.801. The van der Waals surface area contributed by atoms with Crippen molar-refractivity contribution in [3.8, 4) is 5.75 Å². The lowest BCUT2D eigenvalue weighted by Crippen LogP contribution is -2.30. The Balaban J connectivity index is 2.06. The summed E-state index contributed by atoms with van der Waals surface area (Å²) < 4.78 is 11.2. The lowest BCUT2D eigenvalue weighted by molar-refractivity contribution is -0.118. The number of carbonyl (C=O) groups is 2. The number of benzene rings is 1. The van der Waals surface area contributed by atoms with E-state index in [0.29, 0.717) is 29.6 Å². The first kappa shape index (κ1) is 19.7. The maximum Gasteiger partial charge on any atom is 0.294 e. The van der Waals surface area contributed by atoms with E-state index in [1.807, 2.05) is 20.8 Å². The smallest absolute Gasteiger partial charge is 0.294 e. The molecule has 1 aliphatic rings. The van der Waals surface area contributed by atoms with E-state index in [9.17, 15) is 14.7 Å². The first-order valence-electron chi connectivity index (χ1n) is 9.42. The van der Waals surface area contributed by atoms with Crippen molar-refractivity contribution in [3.05, 3.63) is 59.3 Å². The molecule has 0 spiro atoms. The van der Waals surface area contributed by atoms with E-state index in [0.717, 1.165) is 0 Å². The van der Waals surface area contributed by atoms with Crippen LogP contribution < -0.4 is 9.64 Å². The molecule has 1 aliphatic heterocycles. The van der Waals surface area contributed by atoms with Gasteiger partial charge in [-0.2, -0.15) is 0 Å². The predicted molar refractivity (Wildman–Crippen MR) is 105 cm³/mol. The quantitative estimate of drug-likeness (QED) is 0.761. The lowest BCUT2D eigenvalue weighted by atomic mass is 9.95. The number of ether oxygens (including phenoxy) is 1. The van der Waals surface area contributed by atoms with Gasteiger partial charge in [-0.15, -0.1) is 0 Å². The number of ketones is 1. The molecule has 1 amide bonds. The summed E-state index contributed by atoms with van der Waals surface area (Å²) in [6.07, 6.45) is 0.236. The molecule has 2 heterocycles. The molecule has 0 bridgehead atoms. The minimum absolute atomic E-state index is 0.0851. The average Bonchev–Trinajstić information content (AvgIpc) is 3.17. The van der Waals surface area contributed by atoms with Crippen molar-refractivity contribution in [3.63, 3.8) is 0 Å². The molecule has 1 unspecified atom stereocenters. The Morgan fingerprint density at radius 2 is 1.89 bits per heavy atom. The number of carbonyl (C=O) groups excluding carboxylic acids is 2. The Kier molecular flexibility index (Phi) is 5.58. The third kappa shape index (κ3) is 3.67. The number of nitrogens with zero attached hydrogens (tertiary/aromatic N) is 1. The molecule has 0 saturated heterocycles. The van der Waals surface area contributed by atoms with Crippen LogP contribution in [0.15, 0.2) is 52.1 Å². The van der Waals surface area contributed by atoms with Crippen LogP contribution >= 0.6 is 0 Å². The highest BCUT2D eigenvalue weighted by atomic mass is 16.5. The molecule has 6 nitrogen and oxygen atoms in total. The Morgan fingerprint density at radius 3 is 2.43 bits per heavy atom. The fraction of sp³-hybridized carbons (Fsp3) is 0.364. The first-order chi connectivity index (χ1) is 13.3. The minimum Gasteiger partial charge on any atom is -0.503 e. The summed E-state index contributed by atoms with van der Waals surface area (Å²) in [6.45, 7) is 8.06. The number of aliphatic hydroxyl groups is 1. The van der Waals surface area contributed by atoms with Crippen LogP contribution in [0.25, 0.3) is 0 Å². The van der Waals surface area contributed by atoms with E-state index >= 15 is 0 Å². The molecule has 0 fully saturated rings. The van der Waals surface area contributed by atoms with Crippen molar-refractivity contribution in [2.24, 2.45) is 5.92 Å². The molecule has 1 aromatic carbocycles. The molecule has 0 aliphatic carbocycles. The second-order valence-electron chi connectivity index (χ2n) is 7.24. The predicted octanol–water partition coefficient (Wildman–Crippen LogP) is 4.50. The van der Waals surface area contributed by atoms with Gasteiger partial charge in [0.15, 0.2) is 11.5 Å². The Morgan fingerprint density at radius 1 is 1.21 bits per heavy atom. The summed E-state index contributed by atoms with van der Waals surface area (Å²) in [5.41, 5.74) is 0.633. The molecule has 1 N–H and O–H groups in total. The zero-order chi connectivity index (χ0) is 20.4. The number of amides is 1. The van der Waals surface area contributed by atoms with Gasteiger partial charge in [-0.3, -0.25) is 14.5 Å². The van der Waals surface area contributed by atoms with Crippen molar-refractivity contribution in [1.82, 2.24) is 0 Å². The van der Waals surface area contributed by atoms with Crippen molar-refractivity contribution < 1.29 is 23.8 Å². The summed E-state index contributed by atoms with van der Waals surface area (Å²) in [5.74, 6) is 0.493. The normalized spacial score (nSPS) is 17.0. The average molecular weight is 383 g/mol. The van der Waals surface area contributed by atoms with Crippen LogP contribution in [0.2, 0.25) is 0 Å². The molecule has 1 aromatic heterocycles. The van der Waals surface area contributed by atoms with Gasteiger partial charge in [0, 0.05) is 12.1 Å². The molecular weight excluding hydrogens is 358 g/mol. The van der Waals surface area contributed by atoms with Crippen LogP contribution in [0.1, 0.15) is 44.8 Å². The maximum absolute atomic E-state index is 12.9. The molecule has 28 heavy (non-hydrogen) atoms. The topological polar surface area (TPSA) is 80.0 Å². The third-order valence-electron chi connectivity index (χ3n) is 4.56. The number of furan rings is 1. The Labute approximate surface area is 164 Å². The SMILES string of the molecule is CCOc1ccc(N2C(=O)C(O)=C(C(=O)CC(C)C)C2c2ccc(C)o2)cc1. The molecule has 2 aromatic rings. The van der Waals surface area contributed by atoms with Gasteiger partial charge in [0.1, 0.15) is 23.3 Å². The van der Waals surface area contributed by atoms with Crippen molar-refractivity contribution >= 4 is 17.4 Å². The molecule has 3 rings (SSSR count). The highest BCUT2D eigenvalue weighted by Gasteiger charge is 2.45. The van der Waals surface area contributed by atoms with Crippen LogP contribution in [0.5, 0.6) is 5.75 Å². The first-order valence-corrected chi connectivity index (χ1v) is 9.42. The van der Waals surface area contributed by atoms with Gasteiger partial charge in [-0.05, 0) is 56.2 Å². The fourth-order valence-electron chi connectivity index (χ4n) is 3.38. The van der Waals surface area contributed by atoms with E-state index in [4.69, 9.17) is 9.15 Å². The van der Waals surface area contributed by atoms with E-state index < -0.39 is 17.7 Å². The number of aryl methyl sites for hydroxylation is 1. The largest absolute Gasteiger partial charge is 0.503 e. The molecular formula is C22H25NO5. The fourth-order valence-corrected chi connectivity index (χ4v) is 3.38. The zero-order valence-electron chi connectivity index (χ0n) is 16.6. The molecule has 1 atom stereocenters. The second kappa shape index (κ2) is 7.92. The summed E-state index contributed by atoms with van der Waals surface area (Å²) >= 11 is 0. The van der Waals surface area contributed by atoms with Crippen LogP contribution in [0.3, 0.4) is 0 Å². The van der Waals surface area contributed by atoms with Crippen molar-refractivity contribution in [2.75, 3.05) is 11.5 Å². The molecule has 148 valence electrons. The van der Waals surface area contributed by atoms with Crippen LogP contribution in [-0.2, 0) is 9.59 Å². The van der Waals surface area contributed by atoms with Gasteiger partial charge in [0.25, 0.3) is 5.91 Å². The highest BCUT2D eigenvalue weighted by Crippen LogP contribution is 2.42. The van der Waals surface area contributed by atoms with Crippen molar-refractivity contribution in [2.45, 2.75) is 40.2 Å². The number of aliphatic hydroxyl groups excluding tert-OH is 1. The maximum atomic E-state index is 12.9. The van der Waals surface area contributed by atoms with E-state index in [1.54, 1.807) is 43.3 Å². The van der Waals surface area contributed by atoms with Gasteiger partial charge in [0.05, 0.1) is 12.2 Å². The molecule has 0 saturated carbocycles. The Bertz CT molecular complexity index is 907. The Hall–Kier alpha value is -3.02. The number of hydrogen-bond donors (Lipinski definition) is 1. The van der Waals surface area contributed by atoms with Gasteiger partial charge >= 0.3 is 0 Å². The van der Waals surface area contributed by atoms with Gasteiger partial charge in [-0.25, -0.2) is 0 Å². The summed E-state index contributed by atoms with van der Waals surface area (Å²) in [5, 5.41) is 10.6. The van der Waals surface area contributed by atoms with E-state index in [2.05, 4.69) is 0 Å². The number of hydrogen-bond acceptors (Lipinski definition) is 5. The van der Waals surface area contributed by atoms with Crippen LogP contribution in [0, 0.1) is 12.8 Å². The summed E-state index contributed by atoms with van der Waals surface area (Å²) in [6, 6.07) is 9.67. The highest BCUT2D eigenvalue weighted by molar-refractivity contribution is 6.16. The van der Waals surface area contributed by atoms with Gasteiger partial charge in [-0.1, -0.05) is 13.8 Å². The van der Waals surface area contributed by atoms with Gasteiger partial charge in [0.2, 0.25) is 0 Å². The number of anilines is 1. The second-order valence-corrected chi connectivity index (χ2v) is 7.24. The van der Waals surface area contributed by atoms with Gasteiger partial charge < -0.3 is 14.3 Å². The third-order valence-corrected chi connectivity index (χ3v) is 4.56. The van der Waals surface area contributed by atoms with E-state index in [1.165, 1.54) is 4.90 Å². The number of Topliss-reactive ketones (excluding diaryl/α,β-unsaturated/α-hetero) is 1. The molecule has 0 radical (unpaired) electrons. The van der Waals surface area contributed by atoms with Crippen molar-refractivity contribution in [1.29, 1.82) is 0 Å².